The number of cyclic esters (lactones) is 1. The molecule has 2 saturated carbocycles. The fraction of sp³-hybridized carbons (Fsp3) is 0.639. The van der Waals surface area contributed by atoms with Crippen LogP contribution in [0.15, 0.2) is 30.4 Å². The number of carbonyl (C=O) groups is 5. The van der Waals surface area contributed by atoms with Gasteiger partial charge in [0, 0.05) is 18.5 Å². The SMILES string of the molecule is CC[C@H]1C[C@@]1(NC(=O)[C@@H]1CC2CN1C(=O)[C@H](C(C)(C)C)NC(=O)OCCC/C=C/COc1cccc3c1CN(C3)C(=O)O2)C(=O)NS(=O)(=O)C1CC1. The van der Waals surface area contributed by atoms with Crippen molar-refractivity contribution >= 4 is 39.9 Å². The molecule has 2 aliphatic carbocycles. The first kappa shape index (κ1) is 37.4. The van der Waals surface area contributed by atoms with E-state index >= 15 is 0 Å². The summed E-state index contributed by atoms with van der Waals surface area (Å²) in [6, 6.07) is 3.30. The van der Waals surface area contributed by atoms with E-state index in [1.165, 1.54) is 9.80 Å². The number of nitrogens with zero attached hydrogens (tertiary/aromatic N) is 2. The number of hydrogen-bond donors (Lipinski definition) is 3. The van der Waals surface area contributed by atoms with Crippen LogP contribution >= 0.6 is 0 Å². The lowest BCUT2D eigenvalue weighted by molar-refractivity contribution is -0.143. The van der Waals surface area contributed by atoms with Gasteiger partial charge in [-0.15, -0.1) is 0 Å². The van der Waals surface area contributed by atoms with E-state index < -0.39 is 74.3 Å². The largest absolute Gasteiger partial charge is 0.489 e. The maximum Gasteiger partial charge on any atom is 0.410 e. The van der Waals surface area contributed by atoms with Crippen molar-refractivity contribution in [2.24, 2.45) is 11.3 Å². The molecule has 3 heterocycles. The number of benzene rings is 1. The lowest BCUT2D eigenvalue weighted by Gasteiger charge is -2.35. The molecule has 3 fully saturated rings. The molecule has 5 atom stereocenters. The van der Waals surface area contributed by atoms with Gasteiger partial charge < -0.3 is 29.7 Å². The van der Waals surface area contributed by atoms with Crippen molar-refractivity contribution in [1.29, 1.82) is 0 Å². The molecule has 4 bridgehead atoms. The first-order valence-electron chi connectivity index (χ1n) is 18.1. The number of sulfonamides is 1. The summed E-state index contributed by atoms with van der Waals surface area (Å²) in [5.41, 5.74) is -0.510. The number of carbonyl (C=O) groups excluding carboxylic acids is 5. The third-order valence-corrected chi connectivity index (χ3v) is 12.3. The van der Waals surface area contributed by atoms with Gasteiger partial charge in [0.15, 0.2) is 0 Å². The first-order chi connectivity index (χ1) is 24.6. The smallest absolute Gasteiger partial charge is 0.410 e. The monoisotopic (exact) mass is 743 g/mol. The fourth-order valence-electron chi connectivity index (χ4n) is 7.21. The summed E-state index contributed by atoms with van der Waals surface area (Å²) in [6.07, 6.45) is 4.23. The molecule has 0 spiro atoms. The van der Waals surface area contributed by atoms with E-state index in [4.69, 9.17) is 14.2 Å². The van der Waals surface area contributed by atoms with E-state index in [0.717, 1.165) is 11.1 Å². The van der Waals surface area contributed by atoms with Crippen LogP contribution in [-0.4, -0.2) is 96.9 Å². The molecule has 52 heavy (non-hydrogen) atoms. The van der Waals surface area contributed by atoms with Crippen LogP contribution in [-0.2, 0) is 47.0 Å². The van der Waals surface area contributed by atoms with Gasteiger partial charge in [0.2, 0.25) is 21.8 Å². The third kappa shape index (κ3) is 8.01. The molecule has 1 aromatic rings. The zero-order chi connectivity index (χ0) is 37.4. The average Bonchev–Trinajstić information content (AvgIpc) is 3.97. The molecule has 0 radical (unpaired) electrons. The summed E-state index contributed by atoms with van der Waals surface area (Å²) in [4.78, 5) is 71.4. The van der Waals surface area contributed by atoms with Crippen molar-refractivity contribution < 1.29 is 46.6 Å². The number of amides is 5. The quantitative estimate of drug-likeness (QED) is 0.366. The van der Waals surface area contributed by atoms with Gasteiger partial charge in [-0.3, -0.25) is 24.0 Å². The van der Waals surface area contributed by atoms with Crippen LogP contribution in [0.5, 0.6) is 5.75 Å². The Morgan fingerprint density at radius 3 is 2.54 bits per heavy atom. The highest BCUT2D eigenvalue weighted by atomic mass is 32.2. The van der Waals surface area contributed by atoms with Gasteiger partial charge in [0.05, 0.1) is 24.9 Å². The van der Waals surface area contributed by atoms with Crippen LogP contribution < -0.4 is 20.1 Å². The lowest BCUT2D eigenvalue weighted by Crippen LogP contribution is -2.60. The maximum absolute atomic E-state index is 14.4. The molecule has 3 N–H and O–H groups in total. The molecule has 1 unspecified atom stereocenters. The normalized spacial score (nSPS) is 29.1. The highest BCUT2D eigenvalue weighted by molar-refractivity contribution is 7.91. The van der Waals surface area contributed by atoms with Crippen LogP contribution in [0.25, 0.3) is 0 Å². The Morgan fingerprint density at radius 1 is 1.08 bits per heavy atom. The summed E-state index contributed by atoms with van der Waals surface area (Å²) in [6.45, 7) is 7.95. The highest BCUT2D eigenvalue weighted by Crippen LogP contribution is 2.47. The molecule has 1 aromatic carbocycles. The molecular formula is C36H49N5O10S. The minimum atomic E-state index is -3.88. The van der Waals surface area contributed by atoms with Crippen molar-refractivity contribution in [1.82, 2.24) is 25.2 Å². The second-order valence-corrected chi connectivity index (χ2v) is 17.4. The second-order valence-electron chi connectivity index (χ2n) is 15.4. The van der Waals surface area contributed by atoms with Crippen LogP contribution in [0.3, 0.4) is 0 Å². The van der Waals surface area contributed by atoms with Gasteiger partial charge in [-0.1, -0.05) is 58.4 Å². The predicted octanol–water partition coefficient (Wildman–Crippen LogP) is 2.87. The summed E-state index contributed by atoms with van der Waals surface area (Å²) >= 11 is 0. The molecule has 5 aliphatic rings. The Balaban J connectivity index is 1.26. The van der Waals surface area contributed by atoms with E-state index in [1.54, 1.807) is 20.8 Å². The van der Waals surface area contributed by atoms with Gasteiger partial charge >= 0.3 is 12.2 Å². The third-order valence-electron chi connectivity index (χ3n) is 10.5. The van der Waals surface area contributed by atoms with Gasteiger partial charge in [0.1, 0.15) is 36.1 Å². The van der Waals surface area contributed by atoms with Gasteiger partial charge in [0.25, 0.3) is 5.91 Å². The lowest BCUT2D eigenvalue weighted by atomic mass is 9.85. The number of fused-ring (bicyclic) bond motifs is 3. The molecule has 16 heteroatoms. The first-order valence-corrected chi connectivity index (χ1v) is 19.6. The fourth-order valence-corrected chi connectivity index (χ4v) is 8.57. The molecule has 284 valence electrons. The Kier molecular flexibility index (Phi) is 10.5. The van der Waals surface area contributed by atoms with Crippen molar-refractivity contribution in [2.75, 3.05) is 19.8 Å². The van der Waals surface area contributed by atoms with E-state index in [0.29, 0.717) is 51.0 Å². The number of ether oxygens (including phenoxy) is 3. The molecule has 15 nitrogen and oxygen atoms in total. The zero-order valence-electron chi connectivity index (χ0n) is 30.1. The Bertz CT molecular complexity index is 1740. The predicted molar refractivity (Wildman–Crippen MR) is 187 cm³/mol. The molecule has 1 saturated heterocycles. The second kappa shape index (κ2) is 14.6. The topological polar surface area (TPSA) is 190 Å². The number of allylic oxidation sites excluding steroid dienone is 1. The van der Waals surface area contributed by atoms with Crippen LogP contribution in [0.4, 0.5) is 9.59 Å². The zero-order valence-corrected chi connectivity index (χ0v) is 31.0. The van der Waals surface area contributed by atoms with Gasteiger partial charge in [-0.25, -0.2) is 18.0 Å². The molecule has 6 rings (SSSR count). The minimum absolute atomic E-state index is 0.0824. The van der Waals surface area contributed by atoms with Crippen LogP contribution in [0.2, 0.25) is 0 Å². The van der Waals surface area contributed by atoms with Crippen molar-refractivity contribution in [2.45, 2.75) is 115 Å². The molecule has 0 aromatic heterocycles. The Hall–Kier alpha value is -4.34. The van der Waals surface area contributed by atoms with E-state index in [2.05, 4.69) is 15.4 Å². The molecule has 3 aliphatic heterocycles. The molecular weight excluding hydrogens is 694 g/mol. The van der Waals surface area contributed by atoms with Crippen molar-refractivity contribution in [3.63, 3.8) is 0 Å². The average molecular weight is 744 g/mol. The summed E-state index contributed by atoms with van der Waals surface area (Å²) in [7, 11) is -3.88. The van der Waals surface area contributed by atoms with Gasteiger partial charge in [-0.2, -0.15) is 0 Å². The summed E-state index contributed by atoms with van der Waals surface area (Å²) in [5, 5.41) is 4.85. The van der Waals surface area contributed by atoms with Crippen LogP contribution in [0.1, 0.15) is 83.8 Å². The minimum Gasteiger partial charge on any atom is -0.489 e. The standard InChI is InChI=1S/C36H49N5O10S/c1-5-23-18-36(23,32(44)39-52(47,48)25-13-14-25)38-30(42)27-17-24-20-41(27)31(43)29(35(2,3)4)37-33(45)50-16-9-7-6-8-15-49-28-12-10-11-22-19-40(21-26(22)28)34(46)51-24/h6,8,10-12,23-25,27,29H,5,7,9,13-21H2,1-4H3,(H,37,45)(H,38,42)(H,39,44)/b8-6+/t23-,24?,27-,29+,36-/m0/s1. The number of alkyl carbamates (subject to hydrolysis) is 1. The molecule has 5 amide bonds. The van der Waals surface area contributed by atoms with Gasteiger partial charge in [-0.05, 0) is 55.1 Å². The Labute approximate surface area is 304 Å². The number of rotatable bonds is 6. The summed E-state index contributed by atoms with van der Waals surface area (Å²) in [5.74, 6) is -1.74. The van der Waals surface area contributed by atoms with Crippen molar-refractivity contribution in [3.05, 3.63) is 41.5 Å². The maximum atomic E-state index is 14.4. The number of hydrogen-bond acceptors (Lipinski definition) is 10. The van der Waals surface area contributed by atoms with E-state index in [1.807, 2.05) is 37.3 Å². The van der Waals surface area contributed by atoms with E-state index in [-0.39, 0.29) is 38.5 Å². The van der Waals surface area contributed by atoms with Crippen LogP contribution in [0, 0.1) is 11.3 Å². The Morgan fingerprint density at radius 2 is 1.85 bits per heavy atom. The summed E-state index contributed by atoms with van der Waals surface area (Å²) < 4.78 is 44.9. The van der Waals surface area contributed by atoms with E-state index in [9.17, 15) is 32.4 Å². The van der Waals surface area contributed by atoms with Crippen molar-refractivity contribution in [3.8, 4) is 5.75 Å². The highest BCUT2D eigenvalue weighted by Gasteiger charge is 2.62. The number of nitrogens with one attached hydrogen (secondary N) is 3.